The van der Waals surface area contributed by atoms with Crippen LogP contribution in [-0.4, -0.2) is 37.2 Å². The Kier molecular flexibility index (Phi) is 64.6. The molecule has 0 spiro atoms. The van der Waals surface area contributed by atoms with Gasteiger partial charge in [0, 0.05) is 19.3 Å². The molecule has 0 aromatic rings. The molecule has 6 heteroatoms. The smallest absolute Gasteiger partial charge is 0.306 e. The minimum Gasteiger partial charge on any atom is -0.462 e. The summed E-state index contributed by atoms with van der Waals surface area (Å²) in [6.45, 7) is 6.69. The SMILES string of the molecule is CCCCCCC/C=C\C/C=C\CCCCCCCCCCCCCCCCCCCC(=O)OCC(COC(=O)CCCCCCCCCCCC)OC(=O)CCCCCCCCCCCCCCCCCCCCCC. The fourth-order valence-corrected chi connectivity index (χ4v) is 10.7. The first-order chi connectivity index (χ1) is 38.0. The monoisotopic (exact) mass is 1080 g/mol. The summed E-state index contributed by atoms with van der Waals surface area (Å²) in [4.78, 5) is 38.3. The van der Waals surface area contributed by atoms with Crippen LogP contribution in [0.3, 0.4) is 0 Å². The number of ether oxygens (including phenoxy) is 3. The highest BCUT2D eigenvalue weighted by Crippen LogP contribution is 2.19. The van der Waals surface area contributed by atoms with E-state index in [1.54, 1.807) is 0 Å². The minimum atomic E-state index is -0.765. The zero-order valence-corrected chi connectivity index (χ0v) is 52.3. The van der Waals surface area contributed by atoms with Gasteiger partial charge < -0.3 is 14.2 Å². The van der Waals surface area contributed by atoms with Crippen molar-refractivity contribution in [2.24, 2.45) is 0 Å². The van der Waals surface area contributed by atoms with Crippen LogP contribution in [0.4, 0.5) is 0 Å². The van der Waals surface area contributed by atoms with Gasteiger partial charge in [-0.25, -0.2) is 0 Å². The average Bonchev–Trinajstić information content (AvgIpc) is 3.43. The average molecular weight is 1080 g/mol. The van der Waals surface area contributed by atoms with E-state index in [2.05, 4.69) is 45.1 Å². The number of unbranched alkanes of at least 4 members (excludes halogenated alkanes) is 50. The summed E-state index contributed by atoms with van der Waals surface area (Å²) in [7, 11) is 0. The van der Waals surface area contributed by atoms with Gasteiger partial charge in [-0.1, -0.05) is 347 Å². The predicted molar refractivity (Wildman–Crippen MR) is 335 cm³/mol. The molecule has 0 aromatic heterocycles. The highest BCUT2D eigenvalue weighted by atomic mass is 16.6. The van der Waals surface area contributed by atoms with E-state index in [0.29, 0.717) is 19.3 Å². The Labute approximate surface area is 481 Å². The van der Waals surface area contributed by atoms with Crippen LogP contribution < -0.4 is 0 Å². The van der Waals surface area contributed by atoms with Crippen molar-refractivity contribution in [2.75, 3.05) is 13.2 Å². The summed E-state index contributed by atoms with van der Waals surface area (Å²) in [5.41, 5.74) is 0. The Bertz CT molecular complexity index is 1240. The van der Waals surface area contributed by atoms with Crippen molar-refractivity contribution in [3.8, 4) is 0 Å². The summed E-state index contributed by atoms with van der Waals surface area (Å²) in [6.07, 6.45) is 80.7. The summed E-state index contributed by atoms with van der Waals surface area (Å²) >= 11 is 0. The van der Waals surface area contributed by atoms with Gasteiger partial charge in [-0.05, 0) is 51.4 Å². The second-order valence-electron chi connectivity index (χ2n) is 23.8. The number of allylic oxidation sites excluding steroid dienone is 4. The molecule has 0 amide bonds. The van der Waals surface area contributed by atoms with Crippen LogP contribution in [-0.2, 0) is 28.6 Å². The molecule has 0 bridgehead atoms. The lowest BCUT2D eigenvalue weighted by atomic mass is 10.0. The highest BCUT2D eigenvalue weighted by molar-refractivity contribution is 5.71. The Morgan fingerprint density at radius 1 is 0.260 bits per heavy atom. The van der Waals surface area contributed by atoms with Gasteiger partial charge in [0.25, 0.3) is 0 Å². The Morgan fingerprint density at radius 2 is 0.468 bits per heavy atom. The molecule has 0 fully saturated rings. The maximum Gasteiger partial charge on any atom is 0.306 e. The van der Waals surface area contributed by atoms with Gasteiger partial charge in [0.05, 0.1) is 0 Å². The van der Waals surface area contributed by atoms with E-state index in [-0.39, 0.29) is 31.1 Å². The molecule has 6 nitrogen and oxygen atoms in total. The van der Waals surface area contributed by atoms with E-state index in [0.717, 1.165) is 64.2 Å². The molecule has 1 unspecified atom stereocenters. The molecule has 454 valence electrons. The van der Waals surface area contributed by atoms with E-state index in [9.17, 15) is 14.4 Å². The van der Waals surface area contributed by atoms with Gasteiger partial charge >= 0.3 is 17.9 Å². The first-order valence-electron chi connectivity index (χ1n) is 34.8. The molecule has 0 aliphatic rings. The molecular formula is C71H134O6. The van der Waals surface area contributed by atoms with Crippen molar-refractivity contribution in [1.82, 2.24) is 0 Å². The molecule has 0 N–H and O–H groups in total. The standard InChI is InChI=1S/C71H134O6/c1-4-7-10-13-16-19-22-24-26-28-30-32-33-34-35-36-37-38-39-40-42-43-45-47-49-52-55-58-61-64-70(73)76-67-68(66-75-69(72)63-60-57-54-51-21-18-15-12-9-6-3)77-71(74)65-62-59-56-53-50-48-46-44-41-31-29-27-25-23-20-17-14-11-8-5-2/h22,24,28,30,68H,4-21,23,25-27,29,31-67H2,1-3H3/b24-22-,30-28-. The van der Waals surface area contributed by atoms with E-state index in [1.165, 1.54) is 289 Å². The van der Waals surface area contributed by atoms with Crippen molar-refractivity contribution in [1.29, 1.82) is 0 Å². The summed E-state index contributed by atoms with van der Waals surface area (Å²) in [5.74, 6) is -0.834. The van der Waals surface area contributed by atoms with Crippen molar-refractivity contribution < 1.29 is 28.6 Å². The third-order valence-electron chi connectivity index (χ3n) is 16.0. The second kappa shape index (κ2) is 66.4. The van der Waals surface area contributed by atoms with Gasteiger partial charge in [0.1, 0.15) is 13.2 Å². The van der Waals surface area contributed by atoms with Crippen LogP contribution in [0.5, 0.6) is 0 Å². The molecule has 0 radical (unpaired) electrons. The number of carbonyl (C=O) groups excluding carboxylic acids is 3. The third kappa shape index (κ3) is 64.6. The summed E-state index contributed by atoms with van der Waals surface area (Å²) in [6, 6.07) is 0. The lowest BCUT2D eigenvalue weighted by molar-refractivity contribution is -0.167. The van der Waals surface area contributed by atoms with Crippen LogP contribution in [0.15, 0.2) is 24.3 Å². The molecule has 0 saturated heterocycles. The number of hydrogen-bond acceptors (Lipinski definition) is 6. The number of carbonyl (C=O) groups is 3. The van der Waals surface area contributed by atoms with Crippen LogP contribution >= 0.6 is 0 Å². The highest BCUT2D eigenvalue weighted by Gasteiger charge is 2.19. The van der Waals surface area contributed by atoms with E-state index in [4.69, 9.17) is 14.2 Å². The molecule has 1 atom stereocenters. The zero-order chi connectivity index (χ0) is 55.7. The molecule has 0 aromatic carbocycles. The predicted octanol–water partition coefficient (Wildman–Crippen LogP) is 23.8. The normalized spacial score (nSPS) is 12.1. The third-order valence-corrected chi connectivity index (χ3v) is 16.0. The minimum absolute atomic E-state index is 0.0638. The molecule has 0 heterocycles. The summed E-state index contributed by atoms with van der Waals surface area (Å²) < 4.78 is 17.0. The van der Waals surface area contributed by atoms with Gasteiger partial charge in [-0.2, -0.15) is 0 Å². The van der Waals surface area contributed by atoms with Crippen molar-refractivity contribution in [3.63, 3.8) is 0 Å². The van der Waals surface area contributed by atoms with Crippen molar-refractivity contribution in [2.45, 2.75) is 399 Å². The molecule has 0 saturated carbocycles. The molecule has 0 rings (SSSR count). The zero-order valence-electron chi connectivity index (χ0n) is 52.3. The molecular weight excluding hydrogens is 949 g/mol. The first-order valence-corrected chi connectivity index (χ1v) is 34.8. The van der Waals surface area contributed by atoms with Crippen LogP contribution in [0.25, 0.3) is 0 Å². The second-order valence-corrected chi connectivity index (χ2v) is 23.8. The van der Waals surface area contributed by atoms with Gasteiger partial charge in [0.15, 0.2) is 6.10 Å². The maximum absolute atomic E-state index is 12.9. The van der Waals surface area contributed by atoms with Crippen LogP contribution in [0, 0.1) is 0 Å². The summed E-state index contributed by atoms with van der Waals surface area (Å²) in [5, 5.41) is 0. The lowest BCUT2D eigenvalue weighted by Gasteiger charge is -2.18. The maximum atomic E-state index is 12.9. The number of hydrogen-bond donors (Lipinski definition) is 0. The van der Waals surface area contributed by atoms with Crippen LogP contribution in [0.2, 0.25) is 0 Å². The molecule has 0 aliphatic carbocycles. The number of esters is 3. The quantitative estimate of drug-likeness (QED) is 0.0261. The van der Waals surface area contributed by atoms with Gasteiger partial charge in [0.2, 0.25) is 0 Å². The fourth-order valence-electron chi connectivity index (χ4n) is 10.7. The lowest BCUT2D eigenvalue weighted by Crippen LogP contribution is -2.30. The number of rotatable bonds is 65. The first kappa shape index (κ1) is 74.9. The van der Waals surface area contributed by atoms with E-state index >= 15 is 0 Å². The van der Waals surface area contributed by atoms with Crippen molar-refractivity contribution in [3.05, 3.63) is 24.3 Å². The molecule has 77 heavy (non-hydrogen) atoms. The largest absolute Gasteiger partial charge is 0.462 e. The Balaban J connectivity index is 4.11. The molecule has 0 aliphatic heterocycles. The van der Waals surface area contributed by atoms with E-state index in [1.807, 2.05) is 0 Å². The van der Waals surface area contributed by atoms with Crippen LogP contribution in [0.1, 0.15) is 393 Å². The fraction of sp³-hybridized carbons (Fsp3) is 0.901. The van der Waals surface area contributed by atoms with E-state index < -0.39 is 6.10 Å². The van der Waals surface area contributed by atoms with Crippen molar-refractivity contribution >= 4 is 17.9 Å². The van der Waals surface area contributed by atoms with Gasteiger partial charge in [-0.15, -0.1) is 0 Å². The Morgan fingerprint density at radius 3 is 0.714 bits per heavy atom. The topological polar surface area (TPSA) is 78.9 Å². The van der Waals surface area contributed by atoms with Gasteiger partial charge in [-0.3, -0.25) is 14.4 Å². The Hall–Kier alpha value is -2.11.